The highest BCUT2D eigenvalue weighted by molar-refractivity contribution is 6.03. The normalized spacial score (nSPS) is 12.5. The van der Waals surface area contributed by atoms with Crippen molar-refractivity contribution in [2.75, 3.05) is 18.5 Å². The fraction of sp³-hybridized carbons (Fsp3) is 0.158. The van der Waals surface area contributed by atoms with E-state index in [2.05, 4.69) is 20.3 Å². The first-order chi connectivity index (χ1) is 13.1. The molecule has 1 aromatic carbocycles. The van der Waals surface area contributed by atoms with Gasteiger partial charge in [-0.2, -0.15) is 0 Å². The second kappa shape index (κ2) is 6.99. The van der Waals surface area contributed by atoms with E-state index in [1.165, 1.54) is 24.7 Å². The zero-order valence-electron chi connectivity index (χ0n) is 14.4. The summed E-state index contributed by atoms with van der Waals surface area (Å²) >= 11 is 0. The number of carbonyl (C=O) groups excluding carboxylic acids is 1. The predicted octanol–water partition coefficient (Wildman–Crippen LogP) is 3.01. The topological polar surface area (TPSA) is 86.2 Å². The molecule has 1 aliphatic heterocycles. The van der Waals surface area contributed by atoms with Crippen LogP contribution in [0.25, 0.3) is 11.3 Å². The molecule has 0 fully saturated rings. The summed E-state index contributed by atoms with van der Waals surface area (Å²) in [6.45, 7) is 2.97. The summed E-state index contributed by atoms with van der Waals surface area (Å²) < 4.78 is 24.8. The molecule has 1 amide bonds. The second-order valence-corrected chi connectivity index (χ2v) is 5.91. The third-order valence-corrected chi connectivity index (χ3v) is 4.08. The highest BCUT2D eigenvalue weighted by atomic mass is 19.1. The Balaban J connectivity index is 1.56. The van der Waals surface area contributed by atoms with Gasteiger partial charge in [-0.05, 0) is 30.7 Å². The number of amides is 1. The van der Waals surface area contributed by atoms with E-state index >= 15 is 0 Å². The molecule has 0 spiro atoms. The molecule has 27 heavy (non-hydrogen) atoms. The largest absolute Gasteiger partial charge is 0.486 e. The number of ether oxygens (including phenoxy) is 2. The number of nitrogens with one attached hydrogen (secondary N) is 1. The smallest absolute Gasteiger partial charge is 0.259 e. The van der Waals surface area contributed by atoms with Crippen molar-refractivity contribution in [3.63, 3.8) is 0 Å². The van der Waals surface area contributed by atoms with Crippen molar-refractivity contribution in [2.24, 2.45) is 0 Å². The van der Waals surface area contributed by atoms with Gasteiger partial charge in [-0.3, -0.25) is 14.8 Å². The number of aromatic nitrogens is 3. The van der Waals surface area contributed by atoms with Gasteiger partial charge in [-0.25, -0.2) is 9.37 Å². The summed E-state index contributed by atoms with van der Waals surface area (Å²) in [7, 11) is 0. The molecule has 2 aromatic heterocycles. The van der Waals surface area contributed by atoms with Crippen molar-refractivity contribution in [2.45, 2.75) is 6.92 Å². The molecule has 0 bridgehead atoms. The number of rotatable bonds is 3. The van der Waals surface area contributed by atoms with Gasteiger partial charge in [-0.15, -0.1) is 0 Å². The van der Waals surface area contributed by atoms with Crippen LogP contribution in [0.15, 0.2) is 43.0 Å². The number of fused-ring (bicyclic) bond motifs is 1. The number of carbonyl (C=O) groups is 1. The van der Waals surface area contributed by atoms with E-state index < -0.39 is 11.7 Å². The lowest BCUT2D eigenvalue weighted by Crippen LogP contribution is -2.16. The van der Waals surface area contributed by atoms with Gasteiger partial charge in [0.1, 0.15) is 13.2 Å². The van der Waals surface area contributed by atoms with E-state index in [-0.39, 0.29) is 11.4 Å². The van der Waals surface area contributed by atoms with Crippen LogP contribution >= 0.6 is 0 Å². The Morgan fingerprint density at radius 2 is 1.89 bits per heavy atom. The van der Waals surface area contributed by atoms with E-state index in [0.717, 1.165) is 17.3 Å². The zero-order valence-corrected chi connectivity index (χ0v) is 14.4. The third-order valence-electron chi connectivity index (χ3n) is 4.08. The van der Waals surface area contributed by atoms with Crippen LogP contribution in [0, 0.1) is 12.7 Å². The first-order valence-electron chi connectivity index (χ1n) is 8.25. The van der Waals surface area contributed by atoms with E-state index in [4.69, 9.17) is 9.47 Å². The number of halogens is 1. The number of hydrogen-bond donors (Lipinski definition) is 1. The molecular formula is C19H15FN4O3. The van der Waals surface area contributed by atoms with Crippen LogP contribution in [0.1, 0.15) is 15.9 Å². The lowest BCUT2D eigenvalue weighted by atomic mass is 10.0. The first kappa shape index (κ1) is 16.9. The standard InChI is InChI=1S/C19H15FN4O3/c1-11-6-16-17(27-5-4-26-16)7-13(11)15-9-23-18(10-22-15)24-19(25)12-2-3-21-8-14(12)20/h2-3,6-10H,4-5H2,1H3,(H,23,24,25). The third kappa shape index (κ3) is 3.41. The zero-order chi connectivity index (χ0) is 18.8. The van der Waals surface area contributed by atoms with Crippen LogP contribution in [0.4, 0.5) is 10.2 Å². The predicted molar refractivity (Wildman–Crippen MR) is 95.3 cm³/mol. The molecule has 0 atom stereocenters. The maximum absolute atomic E-state index is 13.6. The van der Waals surface area contributed by atoms with Crippen molar-refractivity contribution in [1.29, 1.82) is 0 Å². The lowest BCUT2D eigenvalue weighted by molar-refractivity contribution is 0.102. The molecular weight excluding hydrogens is 351 g/mol. The van der Waals surface area contributed by atoms with Crippen LogP contribution < -0.4 is 14.8 Å². The molecule has 0 saturated heterocycles. The summed E-state index contributed by atoms with van der Waals surface area (Å²) in [4.78, 5) is 24.3. The van der Waals surface area contributed by atoms with Gasteiger partial charge in [0, 0.05) is 11.8 Å². The minimum absolute atomic E-state index is 0.112. The number of nitrogens with zero attached hydrogens (tertiary/aromatic N) is 3. The van der Waals surface area contributed by atoms with E-state index in [9.17, 15) is 9.18 Å². The number of pyridine rings is 1. The monoisotopic (exact) mass is 366 g/mol. The highest BCUT2D eigenvalue weighted by Crippen LogP contribution is 2.36. The molecule has 1 aliphatic rings. The van der Waals surface area contributed by atoms with Crippen LogP contribution in [0.2, 0.25) is 0 Å². The molecule has 3 heterocycles. The van der Waals surface area contributed by atoms with Gasteiger partial charge in [0.25, 0.3) is 5.91 Å². The van der Waals surface area contributed by atoms with Gasteiger partial charge in [0.15, 0.2) is 23.1 Å². The summed E-state index contributed by atoms with van der Waals surface area (Å²) in [6, 6.07) is 5.05. The number of aryl methyl sites for hydroxylation is 1. The van der Waals surface area contributed by atoms with Gasteiger partial charge < -0.3 is 14.8 Å². The Bertz CT molecular complexity index is 1010. The Morgan fingerprint density at radius 1 is 1.11 bits per heavy atom. The van der Waals surface area contributed by atoms with Crippen molar-refractivity contribution in [1.82, 2.24) is 15.0 Å². The van der Waals surface area contributed by atoms with Crippen LogP contribution in [-0.4, -0.2) is 34.1 Å². The SMILES string of the molecule is Cc1cc2c(cc1-c1cnc(NC(=O)c3ccncc3F)cn1)OCCO2. The van der Waals surface area contributed by atoms with E-state index in [1.54, 1.807) is 0 Å². The summed E-state index contributed by atoms with van der Waals surface area (Å²) in [5.41, 5.74) is 2.32. The minimum Gasteiger partial charge on any atom is -0.486 e. The van der Waals surface area contributed by atoms with Crippen LogP contribution in [0.5, 0.6) is 11.5 Å². The van der Waals surface area contributed by atoms with E-state index in [1.807, 2.05) is 19.1 Å². The fourth-order valence-electron chi connectivity index (χ4n) is 2.74. The molecule has 7 nitrogen and oxygen atoms in total. The summed E-state index contributed by atoms with van der Waals surface area (Å²) in [5.74, 6) is 0.266. The maximum atomic E-state index is 13.6. The van der Waals surface area contributed by atoms with Gasteiger partial charge in [-0.1, -0.05) is 0 Å². The highest BCUT2D eigenvalue weighted by Gasteiger charge is 2.16. The summed E-state index contributed by atoms with van der Waals surface area (Å²) in [6.07, 6.45) is 5.28. The molecule has 1 N–H and O–H groups in total. The van der Waals surface area contributed by atoms with Gasteiger partial charge in [0.05, 0.1) is 29.8 Å². The van der Waals surface area contributed by atoms with Crippen LogP contribution in [-0.2, 0) is 0 Å². The molecule has 3 aromatic rings. The van der Waals surface area contributed by atoms with Crippen LogP contribution in [0.3, 0.4) is 0 Å². The van der Waals surface area contributed by atoms with Gasteiger partial charge in [0.2, 0.25) is 0 Å². The van der Waals surface area contributed by atoms with Gasteiger partial charge >= 0.3 is 0 Å². The molecule has 8 heteroatoms. The Hall–Kier alpha value is -3.55. The molecule has 0 saturated carbocycles. The van der Waals surface area contributed by atoms with E-state index in [0.29, 0.717) is 30.4 Å². The number of benzene rings is 1. The first-order valence-corrected chi connectivity index (χ1v) is 8.25. The number of hydrogen-bond acceptors (Lipinski definition) is 6. The fourth-order valence-corrected chi connectivity index (χ4v) is 2.74. The van der Waals surface area contributed by atoms with Crippen molar-refractivity contribution >= 4 is 11.7 Å². The second-order valence-electron chi connectivity index (χ2n) is 5.91. The average Bonchev–Trinajstić information content (AvgIpc) is 2.68. The maximum Gasteiger partial charge on any atom is 0.259 e. The Labute approximate surface area is 154 Å². The summed E-state index contributed by atoms with van der Waals surface area (Å²) in [5, 5.41) is 2.52. The number of anilines is 1. The molecule has 0 aliphatic carbocycles. The van der Waals surface area contributed by atoms with Crippen molar-refractivity contribution in [3.05, 3.63) is 59.9 Å². The average molecular weight is 366 g/mol. The Morgan fingerprint density at radius 3 is 2.59 bits per heavy atom. The molecule has 0 radical (unpaired) electrons. The quantitative estimate of drug-likeness (QED) is 0.767. The van der Waals surface area contributed by atoms with Crippen molar-refractivity contribution in [3.8, 4) is 22.8 Å². The molecule has 136 valence electrons. The lowest BCUT2D eigenvalue weighted by Gasteiger charge is -2.20. The molecule has 0 unspecified atom stereocenters. The minimum atomic E-state index is -0.702. The van der Waals surface area contributed by atoms with Crippen molar-refractivity contribution < 1.29 is 18.7 Å². The Kier molecular flexibility index (Phi) is 4.37. The molecule has 4 rings (SSSR count).